The first-order chi connectivity index (χ1) is 7.16. The van der Waals surface area contributed by atoms with Crippen molar-refractivity contribution in [1.82, 2.24) is 0 Å². The summed E-state index contributed by atoms with van der Waals surface area (Å²) in [6.45, 7) is 0. The Morgan fingerprint density at radius 3 is 1.69 bits per heavy atom. The summed E-state index contributed by atoms with van der Waals surface area (Å²) in [5.74, 6) is 0. The van der Waals surface area contributed by atoms with Gasteiger partial charge in [-0.2, -0.15) is 0 Å². The van der Waals surface area contributed by atoms with Crippen LogP contribution in [0.4, 0.5) is 0 Å². The van der Waals surface area contributed by atoms with Gasteiger partial charge in [0.05, 0.1) is 0 Å². The third kappa shape index (κ3) is 4.69. The van der Waals surface area contributed by atoms with Crippen LogP contribution in [0.1, 0.15) is 38.5 Å². The number of rotatable bonds is 4. The van der Waals surface area contributed by atoms with Crippen LogP contribution in [-0.4, -0.2) is 12.0 Å². The van der Waals surface area contributed by atoms with Crippen LogP contribution in [0.2, 0.25) is 11.1 Å². The van der Waals surface area contributed by atoms with E-state index in [2.05, 4.69) is 0 Å². The highest BCUT2D eigenvalue weighted by Gasteiger charge is 2.52. The second kappa shape index (κ2) is 6.08. The van der Waals surface area contributed by atoms with Gasteiger partial charge in [0.15, 0.2) is 0 Å². The summed E-state index contributed by atoms with van der Waals surface area (Å²) in [6.07, 6.45) is 6.20. The van der Waals surface area contributed by atoms with Crippen molar-refractivity contribution in [2.75, 3.05) is 0 Å². The quantitative estimate of drug-likeness (QED) is 0.392. The Morgan fingerprint density at radius 1 is 0.812 bits per heavy atom. The molecule has 0 saturated heterocycles. The van der Waals surface area contributed by atoms with Crippen LogP contribution in [0.5, 0.6) is 0 Å². The minimum atomic E-state index is -2.74. The zero-order chi connectivity index (χ0) is 12.4. The van der Waals surface area contributed by atoms with E-state index >= 15 is 0 Å². The summed E-state index contributed by atoms with van der Waals surface area (Å²) in [4.78, 5) is 0. The van der Waals surface area contributed by atoms with E-state index in [1.807, 2.05) is 0 Å². The standard InChI is InChI=1S/C8H14Cl6Si2/c9-15(10,11)7-6-8(16(12,13)14)4-2-1-3-5-8/h1-7H2. The first-order valence-electron chi connectivity index (χ1n) is 5.30. The SMILES string of the molecule is Cl[Si](Cl)(Cl)CCC1([Si](Cl)(Cl)Cl)CCCCC1. The van der Waals surface area contributed by atoms with Gasteiger partial charge in [0.25, 0.3) is 0 Å². The van der Waals surface area contributed by atoms with Gasteiger partial charge in [-0.15, -0.1) is 66.5 Å². The molecule has 96 valence electrons. The molecule has 16 heavy (non-hydrogen) atoms. The molecule has 1 rings (SSSR count). The van der Waals surface area contributed by atoms with Crippen molar-refractivity contribution in [2.45, 2.75) is 49.6 Å². The van der Waals surface area contributed by atoms with Gasteiger partial charge in [-0.05, 0) is 25.3 Å². The fourth-order valence-electron chi connectivity index (χ4n) is 2.28. The minimum absolute atomic E-state index is 0.160. The monoisotopic (exact) mass is 376 g/mol. The molecule has 0 amide bonds. The fourth-order valence-corrected chi connectivity index (χ4v) is 8.03. The first kappa shape index (κ1) is 16.2. The predicted octanol–water partition coefficient (Wildman–Crippen LogP) is 6.39. The number of hydrogen-bond acceptors (Lipinski definition) is 0. The first-order valence-corrected chi connectivity index (χ1v) is 15.6. The van der Waals surface area contributed by atoms with Crippen molar-refractivity contribution in [1.29, 1.82) is 0 Å². The summed E-state index contributed by atoms with van der Waals surface area (Å²) < 4.78 is 0. The predicted molar refractivity (Wildman–Crippen MR) is 81.8 cm³/mol. The van der Waals surface area contributed by atoms with E-state index in [0.29, 0.717) is 6.04 Å². The van der Waals surface area contributed by atoms with Crippen LogP contribution in [0.15, 0.2) is 0 Å². The highest BCUT2D eigenvalue weighted by atomic mass is 35.8. The van der Waals surface area contributed by atoms with Gasteiger partial charge in [-0.3, -0.25) is 0 Å². The topological polar surface area (TPSA) is 0 Å². The summed E-state index contributed by atoms with van der Waals surface area (Å²) in [7, 11) is 0. The average molecular weight is 379 g/mol. The molecule has 0 nitrogen and oxygen atoms in total. The molecule has 0 atom stereocenters. The molecule has 1 fully saturated rings. The number of hydrogen-bond donors (Lipinski definition) is 0. The maximum absolute atomic E-state index is 6.25. The summed E-state index contributed by atoms with van der Waals surface area (Å²) >= 11 is 36.5. The van der Waals surface area contributed by atoms with Crippen molar-refractivity contribution in [2.24, 2.45) is 0 Å². The van der Waals surface area contributed by atoms with E-state index in [0.717, 1.165) is 32.1 Å². The van der Waals surface area contributed by atoms with E-state index in [4.69, 9.17) is 66.5 Å². The lowest BCUT2D eigenvalue weighted by Crippen LogP contribution is -2.36. The van der Waals surface area contributed by atoms with Gasteiger partial charge in [-0.1, -0.05) is 19.3 Å². The molecule has 0 unspecified atom stereocenters. The molecule has 0 aromatic rings. The fraction of sp³-hybridized carbons (Fsp3) is 1.00. The molecule has 1 saturated carbocycles. The van der Waals surface area contributed by atoms with E-state index < -0.39 is 12.0 Å². The van der Waals surface area contributed by atoms with Crippen LogP contribution in [0.25, 0.3) is 0 Å². The van der Waals surface area contributed by atoms with Gasteiger partial charge in [0, 0.05) is 5.04 Å². The Hall–Kier alpha value is 2.17. The van der Waals surface area contributed by atoms with E-state index in [1.54, 1.807) is 0 Å². The van der Waals surface area contributed by atoms with E-state index in [9.17, 15) is 0 Å². The Bertz CT molecular complexity index is 228. The smallest absolute Gasteiger partial charge is 0.126 e. The zero-order valence-electron chi connectivity index (χ0n) is 8.72. The van der Waals surface area contributed by atoms with Gasteiger partial charge < -0.3 is 0 Å². The largest absolute Gasteiger partial charge is 0.347 e. The molecule has 0 aromatic carbocycles. The molecule has 0 spiro atoms. The molecule has 0 N–H and O–H groups in total. The maximum Gasteiger partial charge on any atom is 0.347 e. The Labute approximate surface area is 127 Å². The van der Waals surface area contributed by atoms with Crippen LogP contribution in [-0.2, 0) is 0 Å². The molecule has 1 aliphatic rings. The second-order valence-electron chi connectivity index (χ2n) is 4.45. The molecular formula is C8H14Cl6Si2. The molecular weight excluding hydrogens is 365 g/mol. The normalized spacial score (nSPS) is 22.1. The Balaban J connectivity index is 2.72. The third-order valence-corrected chi connectivity index (χ3v) is 11.4. The van der Waals surface area contributed by atoms with E-state index in [1.165, 1.54) is 6.42 Å². The molecule has 0 bridgehead atoms. The van der Waals surface area contributed by atoms with Crippen molar-refractivity contribution < 1.29 is 0 Å². The van der Waals surface area contributed by atoms with Crippen molar-refractivity contribution in [3.8, 4) is 0 Å². The van der Waals surface area contributed by atoms with Gasteiger partial charge in [0.1, 0.15) is 0 Å². The molecule has 0 radical (unpaired) electrons. The second-order valence-corrected chi connectivity index (χ2v) is 22.6. The third-order valence-electron chi connectivity index (χ3n) is 3.30. The lowest BCUT2D eigenvalue weighted by molar-refractivity contribution is 0.364. The van der Waals surface area contributed by atoms with Crippen molar-refractivity contribution in [3.63, 3.8) is 0 Å². The average Bonchev–Trinajstić information content (AvgIpc) is 2.13. The highest BCUT2D eigenvalue weighted by molar-refractivity contribution is 7.66. The summed E-state index contributed by atoms with van der Waals surface area (Å²) in [5, 5.41) is -0.160. The van der Waals surface area contributed by atoms with Crippen LogP contribution in [0, 0.1) is 0 Å². The van der Waals surface area contributed by atoms with Crippen LogP contribution < -0.4 is 0 Å². The Kier molecular flexibility index (Phi) is 6.17. The molecule has 8 heteroatoms. The zero-order valence-corrected chi connectivity index (χ0v) is 15.3. The maximum atomic E-state index is 6.25. The van der Waals surface area contributed by atoms with Crippen LogP contribution in [0.3, 0.4) is 0 Å². The van der Waals surface area contributed by atoms with Crippen LogP contribution >= 0.6 is 66.5 Å². The van der Waals surface area contributed by atoms with Crippen molar-refractivity contribution in [3.05, 3.63) is 0 Å². The molecule has 0 aliphatic heterocycles. The molecule has 0 aromatic heterocycles. The summed E-state index contributed by atoms with van der Waals surface area (Å²) in [6, 6.07) is -4.75. The Morgan fingerprint density at radius 2 is 1.31 bits per heavy atom. The van der Waals surface area contributed by atoms with Gasteiger partial charge in [0.2, 0.25) is 0 Å². The molecule has 1 aliphatic carbocycles. The lowest BCUT2D eigenvalue weighted by atomic mass is 9.86. The highest BCUT2D eigenvalue weighted by Crippen LogP contribution is 2.59. The molecule has 0 heterocycles. The van der Waals surface area contributed by atoms with Crippen molar-refractivity contribution >= 4 is 78.5 Å². The number of halogens is 6. The summed E-state index contributed by atoms with van der Waals surface area (Å²) in [5.41, 5.74) is 0. The van der Waals surface area contributed by atoms with Gasteiger partial charge in [-0.25, -0.2) is 0 Å². The van der Waals surface area contributed by atoms with E-state index in [-0.39, 0.29) is 5.04 Å². The minimum Gasteiger partial charge on any atom is -0.126 e. The lowest BCUT2D eigenvalue weighted by Gasteiger charge is -2.41. The van der Waals surface area contributed by atoms with Gasteiger partial charge >= 0.3 is 12.0 Å².